The lowest BCUT2D eigenvalue weighted by Gasteiger charge is -2.35. The highest BCUT2D eigenvalue weighted by Gasteiger charge is 2.27. The maximum atomic E-state index is 12.5. The van der Waals surface area contributed by atoms with Gasteiger partial charge in [-0.05, 0) is 64.2 Å². The molecule has 8 heteroatoms. The van der Waals surface area contributed by atoms with Gasteiger partial charge in [-0.2, -0.15) is 0 Å². The van der Waals surface area contributed by atoms with Crippen molar-refractivity contribution in [2.45, 2.75) is 46.1 Å². The summed E-state index contributed by atoms with van der Waals surface area (Å²) in [4.78, 5) is 40.1. The van der Waals surface area contributed by atoms with Crippen LogP contribution in [0.5, 0.6) is 0 Å². The zero-order valence-corrected chi connectivity index (χ0v) is 18.7. The second-order valence-electron chi connectivity index (χ2n) is 8.89. The van der Waals surface area contributed by atoms with Gasteiger partial charge in [0.1, 0.15) is 5.60 Å². The average Bonchev–Trinajstić information content (AvgIpc) is 2.65. The largest absolute Gasteiger partial charge is 0.444 e. The Morgan fingerprint density at radius 2 is 2.00 bits per heavy atom. The molecule has 8 nitrogen and oxygen atoms in total. The third kappa shape index (κ3) is 7.93. The minimum Gasteiger partial charge on any atom is -0.444 e. The second-order valence-corrected chi connectivity index (χ2v) is 8.89. The Hall–Kier alpha value is -2.77. The lowest BCUT2D eigenvalue weighted by molar-refractivity contribution is -0.131. The number of anilines is 1. The van der Waals surface area contributed by atoms with Crippen LogP contribution >= 0.6 is 0 Å². The maximum absolute atomic E-state index is 12.5. The number of nitrogens with zero attached hydrogens (tertiary/aromatic N) is 2. The summed E-state index contributed by atoms with van der Waals surface area (Å²) in [5, 5.41) is 5.35. The van der Waals surface area contributed by atoms with Gasteiger partial charge in [-0.3, -0.25) is 4.79 Å². The second kappa shape index (κ2) is 10.3. The molecule has 0 spiro atoms. The quantitative estimate of drug-likeness (QED) is 0.768. The van der Waals surface area contributed by atoms with Crippen LogP contribution in [0, 0.1) is 12.8 Å². The highest BCUT2D eigenvalue weighted by Crippen LogP contribution is 2.19. The summed E-state index contributed by atoms with van der Waals surface area (Å²) in [5.74, 6) is 0.0559. The van der Waals surface area contributed by atoms with E-state index in [2.05, 4.69) is 10.6 Å². The van der Waals surface area contributed by atoms with Crippen molar-refractivity contribution >= 4 is 23.7 Å². The van der Waals surface area contributed by atoms with E-state index in [1.54, 1.807) is 22.9 Å². The van der Waals surface area contributed by atoms with Crippen LogP contribution in [0.1, 0.15) is 39.2 Å². The predicted octanol–water partition coefficient (Wildman–Crippen LogP) is 3.22. The Labute approximate surface area is 178 Å². The van der Waals surface area contributed by atoms with Crippen molar-refractivity contribution in [3.8, 4) is 0 Å². The Morgan fingerprint density at radius 1 is 1.27 bits per heavy atom. The molecule has 2 rings (SSSR count). The molecule has 1 aliphatic heterocycles. The van der Waals surface area contributed by atoms with Crippen molar-refractivity contribution in [3.05, 3.63) is 29.8 Å². The SMILES string of the molecule is Cc1cccc(NC(=O)NCC(=O)N2CCCC(CN(C)C(=O)OC(C)(C)C)C2)c1. The number of benzene rings is 1. The molecule has 1 aliphatic rings. The number of rotatable bonds is 5. The van der Waals surface area contributed by atoms with Gasteiger partial charge in [-0.25, -0.2) is 9.59 Å². The van der Waals surface area contributed by atoms with Crippen molar-refractivity contribution in [1.82, 2.24) is 15.1 Å². The number of likely N-dealkylation sites (tertiary alicyclic amines) is 1. The van der Waals surface area contributed by atoms with Crippen molar-refractivity contribution < 1.29 is 19.1 Å². The first kappa shape index (κ1) is 23.5. The minimum atomic E-state index is -0.537. The lowest BCUT2D eigenvalue weighted by Crippen LogP contribution is -2.48. The van der Waals surface area contributed by atoms with Crippen molar-refractivity contribution in [1.29, 1.82) is 0 Å². The van der Waals surface area contributed by atoms with E-state index < -0.39 is 11.6 Å². The summed E-state index contributed by atoms with van der Waals surface area (Å²) in [6, 6.07) is 7.05. The van der Waals surface area contributed by atoms with Crippen LogP contribution in [-0.2, 0) is 9.53 Å². The Bertz CT molecular complexity index is 760. The molecule has 0 saturated carbocycles. The number of amides is 4. The molecule has 2 N–H and O–H groups in total. The van der Waals surface area contributed by atoms with Gasteiger partial charge in [0.25, 0.3) is 0 Å². The number of nitrogens with one attached hydrogen (secondary N) is 2. The molecule has 0 radical (unpaired) electrons. The van der Waals surface area contributed by atoms with Crippen LogP contribution in [0.4, 0.5) is 15.3 Å². The summed E-state index contributed by atoms with van der Waals surface area (Å²) < 4.78 is 5.39. The van der Waals surface area contributed by atoms with E-state index in [4.69, 9.17) is 4.74 Å². The topological polar surface area (TPSA) is 91.0 Å². The van der Waals surface area contributed by atoms with Crippen molar-refractivity contribution in [2.75, 3.05) is 38.5 Å². The molecular weight excluding hydrogens is 384 g/mol. The molecule has 30 heavy (non-hydrogen) atoms. The molecule has 1 aromatic rings. The van der Waals surface area contributed by atoms with E-state index in [9.17, 15) is 14.4 Å². The van der Waals surface area contributed by atoms with Crippen LogP contribution in [-0.4, -0.2) is 66.7 Å². The number of hydrogen-bond acceptors (Lipinski definition) is 4. The minimum absolute atomic E-state index is 0.0632. The Balaban J connectivity index is 1.78. The Morgan fingerprint density at radius 3 is 2.67 bits per heavy atom. The van der Waals surface area contributed by atoms with Gasteiger partial charge in [-0.1, -0.05) is 12.1 Å². The van der Waals surface area contributed by atoms with Gasteiger partial charge in [0.15, 0.2) is 0 Å². The summed E-state index contributed by atoms with van der Waals surface area (Å²) in [5.41, 5.74) is 1.19. The summed E-state index contributed by atoms with van der Waals surface area (Å²) >= 11 is 0. The number of carbonyl (C=O) groups excluding carboxylic acids is 3. The number of aryl methyl sites for hydroxylation is 1. The summed E-state index contributed by atoms with van der Waals surface area (Å²) in [6.07, 6.45) is 1.45. The molecule has 1 unspecified atom stereocenters. The van der Waals surface area contributed by atoms with Gasteiger partial charge in [0, 0.05) is 32.4 Å². The fourth-order valence-electron chi connectivity index (χ4n) is 3.41. The zero-order valence-electron chi connectivity index (χ0n) is 18.7. The zero-order chi connectivity index (χ0) is 22.3. The van der Waals surface area contributed by atoms with Gasteiger partial charge >= 0.3 is 12.1 Å². The summed E-state index contributed by atoms with van der Waals surface area (Å²) in [6.45, 7) is 9.14. The van der Waals surface area contributed by atoms with E-state index in [-0.39, 0.29) is 24.5 Å². The highest BCUT2D eigenvalue weighted by atomic mass is 16.6. The molecule has 0 aromatic heterocycles. The number of hydrogen-bond donors (Lipinski definition) is 2. The van der Waals surface area contributed by atoms with Crippen LogP contribution < -0.4 is 10.6 Å². The molecule has 1 heterocycles. The molecule has 0 aliphatic carbocycles. The average molecular weight is 419 g/mol. The molecule has 4 amide bonds. The predicted molar refractivity (Wildman–Crippen MR) is 116 cm³/mol. The summed E-state index contributed by atoms with van der Waals surface area (Å²) in [7, 11) is 1.71. The third-order valence-corrected chi connectivity index (χ3v) is 4.79. The van der Waals surface area contributed by atoms with Gasteiger partial charge in [0.2, 0.25) is 5.91 Å². The number of urea groups is 1. The normalized spacial score (nSPS) is 16.6. The lowest BCUT2D eigenvalue weighted by atomic mass is 9.97. The first-order valence-corrected chi connectivity index (χ1v) is 10.4. The third-order valence-electron chi connectivity index (χ3n) is 4.79. The van der Waals surface area contributed by atoms with Crippen molar-refractivity contribution in [3.63, 3.8) is 0 Å². The molecule has 1 fully saturated rings. The van der Waals surface area contributed by atoms with Crippen molar-refractivity contribution in [2.24, 2.45) is 5.92 Å². The standard InChI is InChI=1S/C22H34N4O4/c1-16-8-6-10-18(12-16)24-20(28)23-13-19(27)26-11-7-9-17(15-26)14-25(5)21(29)30-22(2,3)4/h6,8,10,12,17H,7,9,11,13-15H2,1-5H3,(H2,23,24,28). The maximum Gasteiger partial charge on any atom is 0.410 e. The Kier molecular flexibility index (Phi) is 8.08. The van der Waals surface area contributed by atoms with E-state index in [1.807, 2.05) is 45.9 Å². The monoisotopic (exact) mass is 418 g/mol. The molecule has 166 valence electrons. The first-order valence-electron chi connectivity index (χ1n) is 10.4. The molecule has 1 saturated heterocycles. The van der Waals surface area contributed by atoms with E-state index >= 15 is 0 Å². The number of piperidine rings is 1. The van der Waals surface area contributed by atoms with E-state index in [0.29, 0.717) is 25.3 Å². The fraction of sp³-hybridized carbons (Fsp3) is 0.591. The van der Waals surface area contributed by atoms with Crippen LogP contribution in [0.2, 0.25) is 0 Å². The smallest absolute Gasteiger partial charge is 0.410 e. The van der Waals surface area contributed by atoms with E-state index in [1.165, 1.54) is 0 Å². The van der Waals surface area contributed by atoms with Crippen LogP contribution in [0.25, 0.3) is 0 Å². The van der Waals surface area contributed by atoms with Gasteiger partial charge < -0.3 is 25.2 Å². The van der Waals surface area contributed by atoms with Gasteiger partial charge in [0.05, 0.1) is 6.54 Å². The van der Waals surface area contributed by atoms with Crippen LogP contribution in [0.3, 0.4) is 0 Å². The molecule has 1 aromatic carbocycles. The first-order chi connectivity index (χ1) is 14.0. The molecular formula is C22H34N4O4. The molecule has 0 bridgehead atoms. The van der Waals surface area contributed by atoms with Crippen LogP contribution in [0.15, 0.2) is 24.3 Å². The molecule has 1 atom stereocenters. The number of carbonyl (C=O) groups is 3. The van der Waals surface area contributed by atoms with Gasteiger partial charge in [-0.15, -0.1) is 0 Å². The highest BCUT2D eigenvalue weighted by molar-refractivity contribution is 5.92. The van der Waals surface area contributed by atoms with E-state index in [0.717, 1.165) is 18.4 Å². The fourth-order valence-corrected chi connectivity index (χ4v) is 3.41. The number of ether oxygens (including phenoxy) is 1.